The van der Waals surface area contributed by atoms with Crippen molar-refractivity contribution in [3.63, 3.8) is 0 Å². The third kappa shape index (κ3) is 13.0. The summed E-state index contributed by atoms with van der Waals surface area (Å²) in [6, 6.07) is 0. The molecule has 2 bridgehead atoms. The molecule has 2 aliphatic heterocycles. The van der Waals surface area contributed by atoms with Crippen LogP contribution in [0.3, 0.4) is 0 Å². The lowest BCUT2D eigenvalue weighted by atomic mass is 9.57. The normalized spacial score (nSPS) is 33.5. The molecule has 0 amide bonds. The molecule has 9 atom stereocenters. The largest absolute Gasteiger partial charge is 0.459 e. The zero-order valence-electron chi connectivity index (χ0n) is 33.9. The van der Waals surface area contributed by atoms with Crippen LogP contribution in [-0.2, 0) is 33.3 Å². The molecular formula is C43H76O8. The number of rotatable bonds is 21. The highest BCUT2D eigenvalue weighted by Gasteiger charge is 2.65. The summed E-state index contributed by atoms with van der Waals surface area (Å²) in [4.78, 5) is 38.1. The van der Waals surface area contributed by atoms with Crippen LogP contribution in [0.4, 0.5) is 0 Å². The van der Waals surface area contributed by atoms with Gasteiger partial charge in [-0.2, -0.15) is 0 Å². The number of esters is 3. The predicted octanol–water partition coefficient (Wildman–Crippen LogP) is 10.2. The molecule has 3 fully saturated rings. The van der Waals surface area contributed by atoms with E-state index in [1.165, 1.54) is 97.3 Å². The summed E-state index contributed by atoms with van der Waals surface area (Å²) < 4.78 is 25.2. The van der Waals surface area contributed by atoms with Gasteiger partial charge in [0.15, 0.2) is 0 Å². The molecule has 0 spiro atoms. The number of fused-ring (bicyclic) bond motifs is 5. The maximum absolute atomic E-state index is 13.2. The molecule has 8 heteroatoms. The summed E-state index contributed by atoms with van der Waals surface area (Å²) in [6.45, 7) is 15.2. The lowest BCUT2D eigenvalue weighted by Gasteiger charge is -2.51. The van der Waals surface area contributed by atoms with E-state index in [9.17, 15) is 19.5 Å². The van der Waals surface area contributed by atoms with Gasteiger partial charge < -0.3 is 24.1 Å². The van der Waals surface area contributed by atoms with Crippen LogP contribution < -0.4 is 0 Å². The highest BCUT2D eigenvalue weighted by atomic mass is 16.6. The topological polar surface area (TPSA) is 108 Å². The van der Waals surface area contributed by atoms with Crippen molar-refractivity contribution in [1.82, 2.24) is 0 Å². The first-order valence-electron chi connectivity index (χ1n) is 21.1. The van der Waals surface area contributed by atoms with Crippen molar-refractivity contribution >= 4 is 17.9 Å². The Morgan fingerprint density at radius 1 is 0.725 bits per heavy atom. The van der Waals surface area contributed by atoms with Gasteiger partial charge in [-0.3, -0.25) is 14.4 Å². The minimum Gasteiger partial charge on any atom is -0.459 e. The van der Waals surface area contributed by atoms with Crippen molar-refractivity contribution in [1.29, 1.82) is 0 Å². The van der Waals surface area contributed by atoms with Crippen molar-refractivity contribution < 1.29 is 38.4 Å². The van der Waals surface area contributed by atoms with E-state index < -0.39 is 41.1 Å². The minimum absolute atomic E-state index is 0.0396. The van der Waals surface area contributed by atoms with Crippen LogP contribution in [0.15, 0.2) is 0 Å². The van der Waals surface area contributed by atoms with Crippen LogP contribution in [0.25, 0.3) is 0 Å². The summed E-state index contributed by atoms with van der Waals surface area (Å²) in [6.07, 6.45) is 21.5. The molecule has 0 aromatic carbocycles. The molecule has 8 nitrogen and oxygen atoms in total. The van der Waals surface area contributed by atoms with Gasteiger partial charge in [-0.05, 0) is 64.7 Å². The van der Waals surface area contributed by atoms with E-state index in [0.717, 1.165) is 25.7 Å². The summed E-state index contributed by atoms with van der Waals surface area (Å²) in [5.74, 6) is -0.692. The van der Waals surface area contributed by atoms with Crippen LogP contribution in [0, 0.1) is 23.7 Å². The molecule has 3 rings (SSSR count). The second-order valence-electron chi connectivity index (χ2n) is 17.6. The second-order valence-corrected chi connectivity index (χ2v) is 17.6. The van der Waals surface area contributed by atoms with Crippen molar-refractivity contribution in [2.24, 2.45) is 23.7 Å². The van der Waals surface area contributed by atoms with Crippen LogP contribution in [0.5, 0.6) is 0 Å². The smallest absolute Gasteiger partial charge is 0.306 e. The van der Waals surface area contributed by atoms with Gasteiger partial charge in [0.2, 0.25) is 0 Å². The summed E-state index contributed by atoms with van der Waals surface area (Å²) in [7, 11) is 0. The van der Waals surface area contributed by atoms with Gasteiger partial charge >= 0.3 is 17.9 Å². The Labute approximate surface area is 311 Å². The monoisotopic (exact) mass is 721 g/mol. The Morgan fingerprint density at radius 3 is 1.69 bits per heavy atom. The van der Waals surface area contributed by atoms with E-state index in [0.29, 0.717) is 31.6 Å². The number of unbranched alkanes of at least 4 members (excludes halogenated alkanes) is 15. The Hall–Kier alpha value is -1.67. The van der Waals surface area contributed by atoms with E-state index in [2.05, 4.69) is 20.8 Å². The summed E-state index contributed by atoms with van der Waals surface area (Å²) in [5.41, 5.74) is -3.20. The van der Waals surface area contributed by atoms with Crippen molar-refractivity contribution in [3.8, 4) is 0 Å². The molecule has 1 saturated carbocycles. The molecule has 1 aliphatic carbocycles. The lowest BCUT2D eigenvalue weighted by molar-refractivity contribution is -0.185. The zero-order valence-corrected chi connectivity index (χ0v) is 33.9. The number of carbonyl (C=O) groups excluding carboxylic acids is 3. The van der Waals surface area contributed by atoms with E-state index in [1.807, 2.05) is 13.8 Å². The first kappa shape index (κ1) is 43.7. The summed E-state index contributed by atoms with van der Waals surface area (Å²) >= 11 is 0. The van der Waals surface area contributed by atoms with Crippen molar-refractivity contribution in [3.05, 3.63) is 0 Å². The fraction of sp³-hybridized carbons (Fsp3) is 0.930. The van der Waals surface area contributed by atoms with Gasteiger partial charge in [0.1, 0.15) is 29.0 Å². The molecule has 0 aromatic rings. The van der Waals surface area contributed by atoms with E-state index >= 15 is 0 Å². The maximum Gasteiger partial charge on any atom is 0.306 e. The van der Waals surface area contributed by atoms with Crippen molar-refractivity contribution in [2.45, 2.75) is 232 Å². The Balaban J connectivity index is 1.54. The Morgan fingerprint density at radius 2 is 1.20 bits per heavy atom. The first-order chi connectivity index (χ1) is 24.1. The standard InChI is InChI=1S/C43H76O8/c1-9-10-11-12-13-14-15-16-17-18-19-20-21-22-23-24-25-37(46)49-36-27-29-43(8,51-33(5)45)40-38-34(31(2)3)26-28-42(7,50-32(4)44)39(38)35(48-40)30-41(36,6)47/h31,34-36,38-40,47H,9-30H2,1-8H3/t34-,35-,36+,38-,39-,40-,41+,42-,43-/m0/s1. The zero-order chi connectivity index (χ0) is 37.7. The van der Waals surface area contributed by atoms with Gasteiger partial charge in [0.25, 0.3) is 0 Å². The third-order valence-corrected chi connectivity index (χ3v) is 12.6. The van der Waals surface area contributed by atoms with Gasteiger partial charge in [-0.15, -0.1) is 0 Å². The van der Waals surface area contributed by atoms with Gasteiger partial charge in [0, 0.05) is 38.5 Å². The molecule has 51 heavy (non-hydrogen) atoms. The molecule has 296 valence electrons. The van der Waals surface area contributed by atoms with Crippen LogP contribution >= 0.6 is 0 Å². The minimum atomic E-state index is -1.39. The van der Waals surface area contributed by atoms with Gasteiger partial charge in [-0.1, -0.05) is 117 Å². The molecule has 0 aromatic heterocycles. The molecule has 2 heterocycles. The van der Waals surface area contributed by atoms with Gasteiger partial charge in [-0.25, -0.2) is 0 Å². The maximum atomic E-state index is 13.2. The van der Waals surface area contributed by atoms with Crippen molar-refractivity contribution in [2.75, 3.05) is 0 Å². The molecule has 0 unspecified atom stereocenters. The average Bonchev–Trinajstić information content (AvgIpc) is 3.43. The quantitative estimate of drug-likeness (QED) is 0.0709. The SMILES string of the molecule is CCCCCCCCCCCCCCCCCCC(=O)O[C@@H]1CC[C@](C)(OC(C)=O)[C@H]2O[C@@H](C[C@@]1(C)O)[C@H]1[C@@H]2[C@H](C(C)C)CC[C@]1(C)OC(C)=O. The fourth-order valence-electron chi connectivity index (χ4n) is 9.92. The van der Waals surface area contributed by atoms with Crippen LogP contribution in [0.2, 0.25) is 0 Å². The predicted molar refractivity (Wildman–Crippen MR) is 202 cm³/mol. The fourth-order valence-corrected chi connectivity index (χ4v) is 9.92. The highest BCUT2D eigenvalue weighted by Crippen LogP contribution is 2.58. The molecule has 1 N–H and O–H groups in total. The number of ether oxygens (including phenoxy) is 4. The number of hydrogen-bond donors (Lipinski definition) is 1. The molecule has 3 aliphatic rings. The Kier molecular flexibility index (Phi) is 17.7. The number of aliphatic hydroxyl groups is 1. The second kappa shape index (κ2) is 20.7. The van der Waals surface area contributed by atoms with E-state index in [4.69, 9.17) is 18.9 Å². The lowest BCUT2D eigenvalue weighted by Crippen LogP contribution is -2.58. The van der Waals surface area contributed by atoms with Gasteiger partial charge in [0.05, 0.1) is 6.10 Å². The van der Waals surface area contributed by atoms with Crippen LogP contribution in [-0.4, -0.2) is 58.1 Å². The molecule has 0 radical (unpaired) electrons. The first-order valence-corrected chi connectivity index (χ1v) is 21.1. The molecule has 2 saturated heterocycles. The number of hydrogen-bond acceptors (Lipinski definition) is 8. The number of carbonyl (C=O) groups is 3. The van der Waals surface area contributed by atoms with Crippen LogP contribution in [0.1, 0.15) is 197 Å². The van der Waals surface area contributed by atoms with E-state index in [-0.39, 0.29) is 36.1 Å². The summed E-state index contributed by atoms with van der Waals surface area (Å²) in [5, 5.41) is 12.0. The average molecular weight is 721 g/mol. The third-order valence-electron chi connectivity index (χ3n) is 12.6. The Bertz CT molecular complexity index is 1070. The molecular weight excluding hydrogens is 644 g/mol. The highest BCUT2D eigenvalue weighted by molar-refractivity contribution is 5.69. The van der Waals surface area contributed by atoms with E-state index in [1.54, 1.807) is 6.92 Å².